The number of hydrogen-bond donors (Lipinski definition) is 1. The van der Waals surface area contributed by atoms with Gasteiger partial charge in [0, 0.05) is 17.4 Å². The number of nitrogens with two attached hydrogens (primary N) is 1. The number of aromatic nitrogens is 1. The lowest BCUT2D eigenvalue weighted by molar-refractivity contribution is -0.143. The molecule has 1 aromatic heterocycles. The first kappa shape index (κ1) is 15.1. The molecule has 19 heavy (non-hydrogen) atoms. The van der Waals surface area contributed by atoms with Crippen LogP contribution in [0.25, 0.3) is 0 Å². The molecular weight excluding hydrogens is 275 g/mol. The highest BCUT2D eigenvalue weighted by Gasteiger charge is 2.38. The van der Waals surface area contributed by atoms with Gasteiger partial charge < -0.3 is 10.5 Å². The van der Waals surface area contributed by atoms with Gasteiger partial charge in [-0.3, -0.25) is 9.78 Å². The lowest BCUT2D eigenvalue weighted by Gasteiger charge is -2.15. The van der Waals surface area contributed by atoms with Crippen molar-refractivity contribution >= 4 is 11.7 Å². The standard InChI is InChI=1S/C10H9F5N2O2/c1-19-6(18)2-4-7(16)5(9(11)12)3-17-8(4)10(13,14)15/h3,9H,2H2,1H3,(H2,16,17). The molecule has 0 fully saturated rings. The third kappa shape index (κ3) is 3.30. The van der Waals surface area contributed by atoms with E-state index in [-0.39, 0.29) is 0 Å². The number of carbonyl (C=O) groups excluding carboxylic acids is 1. The van der Waals surface area contributed by atoms with E-state index in [1.54, 1.807) is 0 Å². The van der Waals surface area contributed by atoms with Gasteiger partial charge in [0.05, 0.1) is 19.1 Å². The van der Waals surface area contributed by atoms with Gasteiger partial charge in [0.15, 0.2) is 0 Å². The molecular formula is C10H9F5N2O2. The Balaban J connectivity index is 3.42. The summed E-state index contributed by atoms with van der Waals surface area (Å²) >= 11 is 0. The molecule has 0 saturated heterocycles. The van der Waals surface area contributed by atoms with Crippen LogP contribution in [-0.2, 0) is 22.1 Å². The number of anilines is 1. The number of rotatable bonds is 3. The van der Waals surface area contributed by atoms with Crippen LogP contribution in [0.1, 0.15) is 23.2 Å². The molecule has 0 atom stereocenters. The van der Waals surface area contributed by atoms with E-state index in [0.717, 1.165) is 7.11 Å². The Bertz CT molecular complexity index is 488. The van der Waals surface area contributed by atoms with E-state index in [2.05, 4.69) is 9.72 Å². The summed E-state index contributed by atoms with van der Waals surface area (Å²) in [6.45, 7) is 0. The molecule has 2 N–H and O–H groups in total. The number of nitrogens with zero attached hydrogens (tertiary/aromatic N) is 1. The monoisotopic (exact) mass is 284 g/mol. The molecule has 0 aliphatic rings. The zero-order chi connectivity index (χ0) is 14.8. The quantitative estimate of drug-likeness (QED) is 0.683. The number of esters is 1. The molecule has 0 aromatic carbocycles. The van der Waals surface area contributed by atoms with Crippen LogP contribution in [0.5, 0.6) is 0 Å². The summed E-state index contributed by atoms with van der Waals surface area (Å²) in [4.78, 5) is 14.0. The molecule has 4 nitrogen and oxygen atoms in total. The van der Waals surface area contributed by atoms with Crippen LogP contribution >= 0.6 is 0 Å². The molecule has 0 bridgehead atoms. The molecule has 9 heteroatoms. The molecule has 0 spiro atoms. The second kappa shape index (κ2) is 5.37. The van der Waals surface area contributed by atoms with Crippen LogP contribution in [-0.4, -0.2) is 18.1 Å². The van der Waals surface area contributed by atoms with Crippen LogP contribution in [0.15, 0.2) is 6.20 Å². The Morgan fingerprint density at radius 1 is 1.47 bits per heavy atom. The van der Waals surface area contributed by atoms with Gasteiger partial charge in [-0.05, 0) is 0 Å². The van der Waals surface area contributed by atoms with Crippen molar-refractivity contribution in [3.8, 4) is 0 Å². The summed E-state index contributed by atoms with van der Waals surface area (Å²) in [5, 5.41) is 0. The fourth-order valence-corrected chi connectivity index (χ4v) is 1.40. The van der Waals surface area contributed by atoms with Crippen molar-refractivity contribution in [2.24, 2.45) is 0 Å². The van der Waals surface area contributed by atoms with Crippen LogP contribution < -0.4 is 5.73 Å². The second-order valence-corrected chi connectivity index (χ2v) is 3.51. The zero-order valence-corrected chi connectivity index (χ0v) is 9.59. The number of methoxy groups -OCH3 is 1. The summed E-state index contributed by atoms with van der Waals surface area (Å²) in [5.74, 6) is -1.04. The van der Waals surface area contributed by atoms with Gasteiger partial charge in [-0.15, -0.1) is 0 Å². The minimum absolute atomic E-state index is 0.351. The first-order valence-corrected chi connectivity index (χ1v) is 4.87. The number of halogens is 5. The normalized spacial score (nSPS) is 11.7. The average Bonchev–Trinajstić information content (AvgIpc) is 2.29. The first-order valence-electron chi connectivity index (χ1n) is 4.87. The van der Waals surface area contributed by atoms with Crippen LogP contribution in [0.2, 0.25) is 0 Å². The largest absolute Gasteiger partial charge is 0.469 e. The van der Waals surface area contributed by atoms with Crippen molar-refractivity contribution in [2.45, 2.75) is 19.0 Å². The molecule has 106 valence electrons. The minimum atomic E-state index is -4.90. The maximum atomic E-state index is 12.7. The lowest BCUT2D eigenvalue weighted by Crippen LogP contribution is -2.18. The van der Waals surface area contributed by atoms with E-state index in [1.807, 2.05) is 0 Å². The smallest absolute Gasteiger partial charge is 0.433 e. The fourth-order valence-electron chi connectivity index (χ4n) is 1.40. The van der Waals surface area contributed by atoms with Crippen LogP contribution in [0.4, 0.5) is 27.6 Å². The van der Waals surface area contributed by atoms with Gasteiger partial charge in [0.1, 0.15) is 5.69 Å². The zero-order valence-electron chi connectivity index (χ0n) is 9.59. The molecule has 0 aliphatic carbocycles. The van der Waals surface area contributed by atoms with Crippen LogP contribution in [0.3, 0.4) is 0 Å². The summed E-state index contributed by atoms with van der Waals surface area (Å²) in [5.41, 5.74) is 1.32. The Kier molecular flexibility index (Phi) is 4.28. The third-order valence-corrected chi connectivity index (χ3v) is 2.31. The lowest BCUT2D eigenvalue weighted by atomic mass is 10.0. The summed E-state index contributed by atoms with van der Waals surface area (Å²) in [7, 11) is 0.955. The summed E-state index contributed by atoms with van der Waals surface area (Å²) in [6.07, 6.45) is -8.53. The van der Waals surface area contributed by atoms with E-state index < -0.39 is 47.5 Å². The van der Waals surface area contributed by atoms with Gasteiger partial charge >= 0.3 is 12.1 Å². The van der Waals surface area contributed by atoms with Crippen molar-refractivity contribution in [1.29, 1.82) is 0 Å². The van der Waals surface area contributed by atoms with Crippen molar-refractivity contribution in [3.05, 3.63) is 23.0 Å². The Hall–Kier alpha value is -1.93. The number of carbonyl (C=O) groups is 1. The number of alkyl halides is 5. The van der Waals surface area contributed by atoms with Crippen molar-refractivity contribution in [1.82, 2.24) is 4.98 Å². The van der Waals surface area contributed by atoms with Crippen LogP contribution in [0, 0.1) is 0 Å². The van der Waals surface area contributed by atoms with E-state index in [9.17, 15) is 26.7 Å². The maximum absolute atomic E-state index is 12.7. The van der Waals surface area contributed by atoms with Gasteiger partial charge in [-0.25, -0.2) is 8.78 Å². The summed E-state index contributed by atoms with van der Waals surface area (Å²) < 4.78 is 67.2. The van der Waals surface area contributed by atoms with E-state index >= 15 is 0 Å². The average molecular weight is 284 g/mol. The molecule has 1 heterocycles. The molecule has 0 aliphatic heterocycles. The molecule has 0 amide bonds. The van der Waals surface area contributed by atoms with E-state index in [1.165, 1.54) is 0 Å². The number of pyridine rings is 1. The van der Waals surface area contributed by atoms with Crippen molar-refractivity contribution in [3.63, 3.8) is 0 Å². The Morgan fingerprint density at radius 2 is 2.05 bits per heavy atom. The Labute approximate surface area is 104 Å². The molecule has 0 radical (unpaired) electrons. The number of ether oxygens (including phenoxy) is 1. The predicted octanol–water partition coefficient (Wildman–Crippen LogP) is 2.34. The SMILES string of the molecule is COC(=O)Cc1c(C(F)(F)F)ncc(C(F)F)c1N. The van der Waals surface area contributed by atoms with Gasteiger partial charge in [-0.2, -0.15) is 13.2 Å². The Morgan fingerprint density at radius 3 is 2.47 bits per heavy atom. The fraction of sp³-hybridized carbons (Fsp3) is 0.400. The van der Waals surface area contributed by atoms with E-state index in [0.29, 0.717) is 6.20 Å². The number of nitrogen functional groups attached to an aromatic ring is 1. The predicted molar refractivity (Wildman–Crippen MR) is 54.3 cm³/mol. The highest BCUT2D eigenvalue weighted by Crippen LogP contribution is 2.36. The van der Waals surface area contributed by atoms with Gasteiger partial charge in [0.25, 0.3) is 6.43 Å². The first-order chi connectivity index (χ1) is 8.68. The van der Waals surface area contributed by atoms with E-state index in [4.69, 9.17) is 5.73 Å². The molecule has 1 rings (SSSR count). The maximum Gasteiger partial charge on any atom is 0.433 e. The van der Waals surface area contributed by atoms with Crippen molar-refractivity contribution < 1.29 is 31.5 Å². The third-order valence-electron chi connectivity index (χ3n) is 2.31. The molecule has 0 saturated carbocycles. The second-order valence-electron chi connectivity index (χ2n) is 3.51. The number of hydrogen-bond acceptors (Lipinski definition) is 4. The highest BCUT2D eigenvalue weighted by atomic mass is 19.4. The van der Waals surface area contributed by atoms with Gasteiger partial charge in [-0.1, -0.05) is 0 Å². The topological polar surface area (TPSA) is 65.2 Å². The molecule has 0 unspecified atom stereocenters. The highest BCUT2D eigenvalue weighted by molar-refractivity contribution is 5.76. The minimum Gasteiger partial charge on any atom is -0.469 e. The van der Waals surface area contributed by atoms with Crippen molar-refractivity contribution in [2.75, 3.05) is 12.8 Å². The molecule has 1 aromatic rings. The summed E-state index contributed by atoms with van der Waals surface area (Å²) in [6, 6.07) is 0. The van der Waals surface area contributed by atoms with Gasteiger partial charge in [0.2, 0.25) is 0 Å².